The summed E-state index contributed by atoms with van der Waals surface area (Å²) in [5.41, 5.74) is 4.84. The van der Waals surface area contributed by atoms with Gasteiger partial charge in [0, 0.05) is 17.3 Å². The average Bonchev–Trinajstić information content (AvgIpc) is 3.18. The lowest BCUT2D eigenvalue weighted by Gasteiger charge is -2.10. The number of benzene rings is 3. The van der Waals surface area contributed by atoms with Gasteiger partial charge in [-0.2, -0.15) is 0 Å². The Balaban J connectivity index is 1.45. The van der Waals surface area contributed by atoms with Crippen LogP contribution in [0.4, 0.5) is 5.69 Å². The molecular formula is C24H22N2O4. The molecule has 0 saturated carbocycles. The average molecular weight is 402 g/mol. The maximum atomic E-state index is 12.3. The maximum Gasteiger partial charge on any atom is 0.262 e. The van der Waals surface area contributed by atoms with Gasteiger partial charge >= 0.3 is 0 Å². The zero-order valence-corrected chi connectivity index (χ0v) is 17.1. The first-order valence-corrected chi connectivity index (χ1v) is 9.57. The van der Waals surface area contributed by atoms with Gasteiger partial charge < -0.3 is 19.2 Å². The zero-order chi connectivity index (χ0) is 21.1. The third-order valence-corrected chi connectivity index (χ3v) is 4.71. The highest BCUT2D eigenvalue weighted by Gasteiger charge is 2.11. The minimum atomic E-state index is -0.245. The molecule has 0 fully saturated rings. The van der Waals surface area contributed by atoms with Crippen molar-refractivity contribution < 1.29 is 18.7 Å². The topological polar surface area (TPSA) is 73.6 Å². The molecule has 0 bridgehead atoms. The number of amides is 1. The van der Waals surface area contributed by atoms with Crippen LogP contribution in [0.15, 0.2) is 65.1 Å². The van der Waals surface area contributed by atoms with E-state index in [0.717, 1.165) is 22.4 Å². The Hall–Kier alpha value is -3.80. The van der Waals surface area contributed by atoms with Crippen LogP contribution in [0.3, 0.4) is 0 Å². The molecule has 0 aliphatic heterocycles. The van der Waals surface area contributed by atoms with Crippen molar-refractivity contribution in [3.05, 3.63) is 71.8 Å². The van der Waals surface area contributed by atoms with Crippen LogP contribution in [-0.4, -0.2) is 24.6 Å². The van der Waals surface area contributed by atoms with E-state index in [-0.39, 0.29) is 12.5 Å². The zero-order valence-electron chi connectivity index (χ0n) is 17.1. The summed E-state index contributed by atoms with van der Waals surface area (Å²) >= 11 is 0. The molecule has 6 heteroatoms. The van der Waals surface area contributed by atoms with Crippen LogP contribution in [0.5, 0.6) is 11.5 Å². The molecule has 0 saturated heterocycles. The Morgan fingerprint density at radius 2 is 1.83 bits per heavy atom. The van der Waals surface area contributed by atoms with Crippen molar-refractivity contribution in [3.8, 4) is 23.0 Å². The second-order valence-electron chi connectivity index (χ2n) is 7.04. The number of methoxy groups -OCH3 is 1. The molecule has 152 valence electrons. The molecule has 0 aliphatic carbocycles. The number of oxazole rings is 1. The van der Waals surface area contributed by atoms with E-state index in [2.05, 4.69) is 10.3 Å². The van der Waals surface area contributed by atoms with E-state index < -0.39 is 0 Å². The third-order valence-electron chi connectivity index (χ3n) is 4.71. The molecule has 0 atom stereocenters. The Kier molecular flexibility index (Phi) is 5.39. The van der Waals surface area contributed by atoms with Crippen LogP contribution in [0, 0.1) is 13.8 Å². The molecule has 0 spiro atoms. The van der Waals surface area contributed by atoms with Gasteiger partial charge in [0.1, 0.15) is 17.0 Å². The molecule has 1 aromatic heterocycles. The second kappa shape index (κ2) is 8.29. The number of fused-ring (bicyclic) bond motifs is 1. The molecule has 4 aromatic rings. The van der Waals surface area contributed by atoms with Crippen molar-refractivity contribution in [1.82, 2.24) is 4.98 Å². The summed E-state index contributed by atoms with van der Waals surface area (Å²) in [6, 6.07) is 18.7. The van der Waals surface area contributed by atoms with E-state index in [1.807, 2.05) is 62.4 Å². The summed E-state index contributed by atoms with van der Waals surface area (Å²) in [5, 5.41) is 2.83. The summed E-state index contributed by atoms with van der Waals surface area (Å²) in [6.07, 6.45) is 0. The maximum absolute atomic E-state index is 12.3. The number of anilines is 1. The predicted molar refractivity (Wildman–Crippen MR) is 116 cm³/mol. The van der Waals surface area contributed by atoms with E-state index in [4.69, 9.17) is 13.9 Å². The number of carbonyl (C=O) groups is 1. The van der Waals surface area contributed by atoms with Crippen LogP contribution in [0.2, 0.25) is 0 Å². The quantitative estimate of drug-likeness (QED) is 0.483. The van der Waals surface area contributed by atoms with Crippen LogP contribution < -0.4 is 14.8 Å². The molecule has 0 unspecified atom stereocenters. The number of hydrogen-bond acceptors (Lipinski definition) is 5. The van der Waals surface area contributed by atoms with E-state index in [0.29, 0.717) is 28.4 Å². The number of rotatable bonds is 6. The summed E-state index contributed by atoms with van der Waals surface area (Å²) in [6.45, 7) is 3.86. The van der Waals surface area contributed by atoms with Gasteiger partial charge in [0.15, 0.2) is 12.2 Å². The highest BCUT2D eigenvalue weighted by Crippen LogP contribution is 2.27. The lowest BCUT2D eigenvalue weighted by molar-refractivity contribution is -0.118. The van der Waals surface area contributed by atoms with Crippen LogP contribution in [0.25, 0.3) is 22.6 Å². The van der Waals surface area contributed by atoms with Crippen molar-refractivity contribution in [2.75, 3.05) is 19.0 Å². The minimum absolute atomic E-state index is 0.0736. The third kappa shape index (κ3) is 4.27. The van der Waals surface area contributed by atoms with Gasteiger partial charge in [0.2, 0.25) is 5.89 Å². The van der Waals surface area contributed by atoms with Gasteiger partial charge in [-0.25, -0.2) is 4.98 Å². The van der Waals surface area contributed by atoms with Crippen molar-refractivity contribution in [3.63, 3.8) is 0 Å². The molecule has 1 heterocycles. The number of carbonyl (C=O) groups excluding carboxylic acids is 1. The van der Waals surface area contributed by atoms with E-state index in [9.17, 15) is 4.79 Å². The second-order valence-corrected chi connectivity index (χ2v) is 7.04. The number of hydrogen-bond donors (Lipinski definition) is 1. The van der Waals surface area contributed by atoms with Gasteiger partial charge in [0.25, 0.3) is 5.91 Å². The first kappa shape index (κ1) is 19.5. The summed E-state index contributed by atoms with van der Waals surface area (Å²) in [7, 11) is 1.62. The molecule has 30 heavy (non-hydrogen) atoms. The van der Waals surface area contributed by atoms with Crippen LogP contribution >= 0.6 is 0 Å². The van der Waals surface area contributed by atoms with Crippen molar-refractivity contribution >= 4 is 22.7 Å². The largest absolute Gasteiger partial charge is 0.497 e. The molecule has 6 nitrogen and oxygen atoms in total. The number of aryl methyl sites for hydroxylation is 2. The van der Waals surface area contributed by atoms with E-state index >= 15 is 0 Å². The Morgan fingerprint density at radius 3 is 2.60 bits per heavy atom. The lowest BCUT2D eigenvalue weighted by atomic mass is 10.1. The molecule has 1 amide bonds. The van der Waals surface area contributed by atoms with Crippen molar-refractivity contribution in [2.45, 2.75) is 13.8 Å². The van der Waals surface area contributed by atoms with Crippen molar-refractivity contribution in [1.29, 1.82) is 0 Å². The SMILES string of the molecule is COc1ccc(-c2nc3ccc(NC(=O)COc4cc(C)ccc4C)cc3o2)cc1. The lowest BCUT2D eigenvalue weighted by Crippen LogP contribution is -2.20. The van der Waals surface area contributed by atoms with Gasteiger partial charge in [-0.3, -0.25) is 4.79 Å². The fraction of sp³-hybridized carbons (Fsp3) is 0.167. The van der Waals surface area contributed by atoms with Crippen LogP contribution in [0.1, 0.15) is 11.1 Å². The minimum Gasteiger partial charge on any atom is -0.497 e. The standard InChI is InChI=1S/C24H22N2O4/c1-15-4-5-16(2)21(12-15)29-14-23(27)25-18-8-11-20-22(13-18)30-24(26-20)17-6-9-19(28-3)10-7-17/h4-13H,14H2,1-3H3,(H,25,27). The normalized spacial score (nSPS) is 10.8. The molecular weight excluding hydrogens is 380 g/mol. The van der Waals surface area contributed by atoms with Gasteiger partial charge in [-0.1, -0.05) is 12.1 Å². The molecule has 1 N–H and O–H groups in total. The van der Waals surface area contributed by atoms with E-state index in [1.165, 1.54) is 0 Å². The fourth-order valence-corrected chi connectivity index (χ4v) is 3.06. The molecule has 4 rings (SSSR count). The monoisotopic (exact) mass is 402 g/mol. The summed E-state index contributed by atoms with van der Waals surface area (Å²) < 4.78 is 16.7. The summed E-state index contributed by atoms with van der Waals surface area (Å²) in [5.74, 6) is 1.74. The first-order valence-electron chi connectivity index (χ1n) is 9.57. The number of nitrogens with zero attached hydrogens (tertiary/aromatic N) is 1. The van der Waals surface area contributed by atoms with Gasteiger partial charge in [0.05, 0.1) is 7.11 Å². The van der Waals surface area contributed by atoms with E-state index in [1.54, 1.807) is 19.2 Å². The fourth-order valence-electron chi connectivity index (χ4n) is 3.06. The number of nitrogens with one attached hydrogen (secondary N) is 1. The Labute approximate surface area is 174 Å². The number of ether oxygens (including phenoxy) is 2. The first-order chi connectivity index (χ1) is 14.5. The molecule has 0 radical (unpaired) electrons. The Morgan fingerprint density at radius 1 is 1.03 bits per heavy atom. The molecule has 3 aromatic carbocycles. The highest BCUT2D eigenvalue weighted by molar-refractivity contribution is 5.94. The Bertz CT molecular complexity index is 1200. The smallest absolute Gasteiger partial charge is 0.262 e. The van der Waals surface area contributed by atoms with Gasteiger partial charge in [-0.05, 0) is 67.4 Å². The highest BCUT2D eigenvalue weighted by atomic mass is 16.5. The predicted octanol–water partition coefficient (Wildman–Crippen LogP) is 5.14. The number of aromatic nitrogens is 1. The summed E-state index contributed by atoms with van der Waals surface area (Å²) in [4.78, 5) is 16.8. The molecule has 0 aliphatic rings. The van der Waals surface area contributed by atoms with Gasteiger partial charge in [-0.15, -0.1) is 0 Å². The van der Waals surface area contributed by atoms with Crippen LogP contribution in [-0.2, 0) is 4.79 Å². The van der Waals surface area contributed by atoms with Crippen molar-refractivity contribution in [2.24, 2.45) is 0 Å².